The van der Waals surface area contributed by atoms with Crippen LogP contribution in [-0.2, 0) is 24.5 Å². The predicted molar refractivity (Wildman–Crippen MR) is 168 cm³/mol. The van der Waals surface area contributed by atoms with Crippen LogP contribution < -0.4 is 15.6 Å². The van der Waals surface area contributed by atoms with Crippen LogP contribution in [0, 0.1) is 0 Å². The summed E-state index contributed by atoms with van der Waals surface area (Å²) in [7, 11) is -2.94. The number of nitrogens with one attached hydrogen (secondary N) is 2. The second-order valence-electron chi connectivity index (χ2n) is 10.1. The highest BCUT2D eigenvalue weighted by molar-refractivity contribution is 7.85. The molecule has 2 aliphatic heterocycles. The lowest BCUT2D eigenvalue weighted by Crippen LogP contribution is -2.24. The molecule has 2 aromatic carbocycles. The minimum atomic E-state index is -4.39. The Morgan fingerprint density at radius 2 is 1.80 bits per heavy atom. The van der Waals surface area contributed by atoms with E-state index in [0.717, 1.165) is 0 Å². The second-order valence-corrected chi connectivity index (χ2v) is 11.5. The van der Waals surface area contributed by atoms with Gasteiger partial charge in [-0.2, -0.15) is 23.6 Å². The number of benzene rings is 2. The van der Waals surface area contributed by atoms with E-state index in [-0.39, 0.29) is 28.6 Å². The third-order valence-electron chi connectivity index (χ3n) is 7.13. The molecule has 14 nitrogen and oxygen atoms in total. The SMILES string of the molecule is CNC(=O)c1nn(-c2ccc(S(=O)(=O)O)cc2)cc1/C=C/C(=C/C=C1\C(=O)N(c2ccccc2)N=C1CNC=O)N1CCCC1=O. The fourth-order valence-corrected chi connectivity index (χ4v) is 5.33. The number of hydrazone groups is 1. The van der Waals surface area contributed by atoms with Crippen LogP contribution in [0.15, 0.2) is 100 Å². The number of allylic oxidation sites excluding steroid dienone is 3. The minimum Gasteiger partial charge on any atom is -0.354 e. The van der Waals surface area contributed by atoms with Gasteiger partial charge in [-0.1, -0.05) is 18.2 Å². The molecule has 0 spiro atoms. The van der Waals surface area contributed by atoms with Gasteiger partial charge in [0.25, 0.3) is 21.9 Å². The zero-order chi connectivity index (χ0) is 32.8. The molecule has 46 heavy (non-hydrogen) atoms. The molecule has 15 heteroatoms. The van der Waals surface area contributed by atoms with Crippen molar-refractivity contribution in [2.75, 3.05) is 25.1 Å². The van der Waals surface area contributed by atoms with Gasteiger partial charge in [0, 0.05) is 37.5 Å². The molecule has 3 aromatic rings. The highest BCUT2D eigenvalue weighted by atomic mass is 32.2. The van der Waals surface area contributed by atoms with E-state index >= 15 is 0 Å². The summed E-state index contributed by atoms with van der Waals surface area (Å²) < 4.78 is 33.5. The summed E-state index contributed by atoms with van der Waals surface area (Å²) in [5.41, 5.74) is 2.40. The van der Waals surface area contributed by atoms with Gasteiger partial charge in [0.2, 0.25) is 12.3 Å². The van der Waals surface area contributed by atoms with Crippen molar-refractivity contribution in [1.29, 1.82) is 0 Å². The first-order chi connectivity index (χ1) is 22.1. The molecule has 0 saturated carbocycles. The minimum absolute atomic E-state index is 0.00591. The molecule has 3 N–H and O–H groups in total. The van der Waals surface area contributed by atoms with Crippen molar-refractivity contribution in [3.8, 4) is 5.69 Å². The number of likely N-dealkylation sites (tertiary alicyclic amines) is 1. The number of carbonyl (C=O) groups is 4. The molecule has 0 radical (unpaired) electrons. The van der Waals surface area contributed by atoms with Crippen LogP contribution in [0.4, 0.5) is 5.69 Å². The lowest BCUT2D eigenvalue weighted by Gasteiger charge is -2.16. The predicted octanol–water partition coefficient (Wildman–Crippen LogP) is 2.07. The maximum absolute atomic E-state index is 13.4. The number of rotatable bonds is 11. The first-order valence-corrected chi connectivity index (χ1v) is 15.5. The van der Waals surface area contributed by atoms with Crippen molar-refractivity contribution in [3.05, 3.63) is 102 Å². The molecule has 0 bridgehead atoms. The van der Waals surface area contributed by atoms with Crippen molar-refractivity contribution in [3.63, 3.8) is 0 Å². The molecule has 1 saturated heterocycles. The molecule has 2 aliphatic rings. The Hall–Kier alpha value is -5.67. The molecule has 0 atom stereocenters. The largest absolute Gasteiger partial charge is 0.354 e. The summed E-state index contributed by atoms with van der Waals surface area (Å²) in [6.45, 7) is 0.448. The summed E-state index contributed by atoms with van der Waals surface area (Å²) in [5, 5.41) is 15.1. The number of hydrogen-bond donors (Lipinski definition) is 3. The molecule has 0 aliphatic carbocycles. The molecule has 1 aromatic heterocycles. The zero-order valence-electron chi connectivity index (χ0n) is 24.5. The summed E-state index contributed by atoms with van der Waals surface area (Å²) in [4.78, 5) is 51.2. The number of nitrogens with zero attached hydrogens (tertiary/aromatic N) is 5. The Kier molecular flexibility index (Phi) is 9.34. The van der Waals surface area contributed by atoms with Gasteiger partial charge >= 0.3 is 0 Å². The average molecular weight is 644 g/mol. The molecule has 5 rings (SSSR count). The topological polar surface area (TPSA) is 183 Å². The third kappa shape index (κ3) is 6.85. The standard InChI is InChI=1S/C31H29N7O7S/c1-32-30(41)29-21(19-37(35-29)23-11-14-25(15-12-23)46(43,44)45)9-10-22(36-17-5-8-28(36)40)13-16-26-27(18-33-20-39)34-38(31(26)42)24-6-3-2-4-7-24/h2-4,6-7,9-16,19-20H,5,8,17-18H2,1H3,(H,32,41)(H,33,39)(H,43,44,45)/b10-9+,22-13-,26-16-. The van der Waals surface area contributed by atoms with E-state index in [4.69, 9.17) is 0 Å². The Labute approximate surface area is 264 Å². The number of amides is 4. The quantitative estimate of drug-likeness (QED) is 0.123. The Morgan fingerprint density at radius 1 is 1.07 bits per heavy atom. The van der Waals surface area contributed by atoms with Gasteiger partial charge in [-0.25, -0.2) is 4.68 Å². The fourth-order valence-electron chi connectivity index (χ4n) is 4.85. The lowest BCUT2D eigenvalue weighted by molar-refractivity contribution is -0.125. The number of aromatic nitrogens is 2. The Balaban J connectivity index is 1.52. The first-order valence-electron chi connectivity index (χ1n) is 14.0. The van der Waals surface area contributed by atoms with Crippen LogP contribution in [0.2, 0.25) is 0 Å². The Bertz CT molecular complexity index is 1910. The van der Waals surface area contributed by atoms with Crippen molar-refractivity contribution >= 4 is 51.7 Å². The molecule has 1 fully saturated rings. The maximum Gasteiger partial charge on any atom is 0.294 e. The molecule has 4 amide bonds. The van der Waals surface area contributed by atoms with Gasteiger partial charge in [0.1, 0.15) is 0 Å². The van der Waals surface area contributed by atoms with Crippen LogP contribution in [0.1, 0.15) is 28.9 Å². The number of hydrogen-bond acceptors (Lipinski definition) is 8. The van der Waals surface area contributed by atoms with Gasteiger partial charge in [0.15, 0.2) is 5.69 Å². The normalized spacial score (nSPS) is 16.4. The highest BCUT2D eigenvalue weighted by Crippen LogP contribution is 2.25. The zero-order valence-corrected chi connectivity index (χ0v) is 25.3. The van der Waals surface area contributed by atoms with E-state index in [1.807, 2.05) is 6.07 Å². The van der Waals surface area contributed by atoms with Crippen molar-refractivity contribution in [1.82, 2.24) is 25.3 Å². The molecular formula is C31H29N7O7S. The van der Waals surface area contributed by atoms with Gasteiger partial charge < -0.3 is 15.5 Å². The van der Waals surface area contributed by atoms with E-state index in [2.05, 4.69) is 20.8 Å². The van der Waals surface area contributed by atoms with Crippen LogP contribution in [0.25, 0.3) is 11.8 Å². The molecule has 0 unspecified atom stereocenters. The van der Waals surface area contributed by atoms with Crippen molar-refractivity contribution in [2.45, 2.75) is 17.7 Å². The number of anilines is 1. The molecule has 236 valence electrons. The van der Waals surface area contributed by atoms with E-state index < -0.39 is 21.9 Å². The average Bonchev–Trinajstić information content (AvgIpc) is 3.77. The van der Waals surface area contributed by atoms with Gasteiger partial charge in [-0.15, -0.1) is 0 Å². The maximum atomic E-state index is 13.4. The first kappa shape index (κ1) is 31.7. The summed E-state index contributed by atoms with van der Waals surface area (Å²) >= 11 is 0. The van der Waals surface area contributed by atoms with Crippen LogP contribution >= 0.6 is 0 Å². The number of carbonyl (C=O) groups excluding carboxylic acids is 4. The monoisotopic (exact) mass is 643 g/mol. The second kappa shape index (κ2) is 13.5. The fraction of sp³-hybridized carbons (Fsp3) is 0.161. The van der Waals surface area contributed by atoms with Crippen molar-refractivity contribution in [2.24, 2.45) is 5.10 Å². The molecular weight excluding hydrogens is 614 g/mol. The smallest absolute Gasteiger partial charge is 0.294 e. The summed E-state index contributed by atoms with van der Waals surface area (Å²) in [5.74, 6) is -1.01. The summed E-state index contributed by atoms with van der Waals surface area (Å²) in [6, 6.07) is 14.1. The molecule has 3 heterocycles. The Morgan fingerprint density at radius 3 is 2.43 bits per heavy atom. The summed E-state index contributed by atoms with van der Waals surface area (Å²) in [6.07, 6.45) is 9.43. The van der Waals surface area contributed by atoms with Gasteiger partial charge in [-0.05, 0) is 67.1 Å². The van der Waals surface area contributed by atoms with E-state index in [0.29, 0.717) is 54.1 Å². The van der Waals surface area contributed by atoms with Crippen molar-refractivity contribution < 1.29 is 32.1 Å². The number of para-hydroxylation sites is 1. The third-order valence-corrected chi connectivity index (χ3v) is 8.00. The van der Waals surface area contributed by atoms with Gasteiger partial charge in [0.05, 0.1) is 34.1 Å². The van der Waals surface area contributed by atoms with Crippen LogP contribution in [0.5, 0.6) is 0 Å². The van der Waals surface area contributed by atoms with E-state index in [9.17, 15) is 32.1 Å². The van der Waals surface area contributed by atoms with Gasteiger partial charge in [-0.3, -0.25) is 23.7 Å². The lowest BCUT2D eigenvalue weighted by atomic mass is 10.1. The van der Waals surface area contributed by atoms with Crippen LogP contribution in [-0.4, -0.2) is 77.6 Å². The van der Waals surface area contributed by atoms with E-state index in [1.165, 1.54) is 41.0 Å². The van der Waals surface area contributed by atoms with E-state index in [1.54, 1.807) is 59.7 Å². The van der Waals surface area contributed by atoms with Crippen LogP contribution in [0.3, 0.4) is 0 Å². The highest BCUT2D eigenvalue weighted by Gasteiger charge is 2.31.